The van der Waals surface area contributed by atoms with Gasteiger partial charge in [-0.3, -0.25) is 0 Å². The average Bonchev–Trinajstić information content (AvgIpc) is 2.89. The van der Waals surface area contributed by atoms with Gasteiger partial charge in [0, 0.05) is 31.5 Å². The predicted molar refractivity (Wildman–Crippen MR) is 89.1 cm³/mol. The van der Waals surface area contributed by atoms with E-state index in [2.05, 4.69) is 54.2 Å². The summed E-state index contributed by atoms with van der Waals surface area (Å²) in [6.07, 6.45) is 6.90. The summed E-state index contributed by atoms with van der Waals surface area (Å²) in [5.41, 5.74) is 0.923. The maximum Gasteiger partial charge on any atom is 0.180 e. The molecule has 5 nitrogen and oxygen atoms in total. The first kappa shape index (κ1) is 15.6. The molecule has 2 heterocycles. The van der Waals surface area contributed by atoms with E-state index >= 15 is 0 Å². The van der Waals surface area contributed by atoms with Crippen molar-refractivity contribution in [1.29, 1.82) is 0 Å². The molecule has 0 amide bonds. The number of hydrogen-bond donors (Lipinski definition) is 1. The van der Waals surface area contributed by atoms with E-state index in [-0.39, 0.29) is 0 Å². The molecule has 0 bridgehead atoms. The third-order valence-electron chi connectivity index (χ3n) is 3.37. The highest BCUT2D eigenvalue weighted by atomic mass is 15.3. The summed E-state index contributed by atoms with van der Waals surface area (Å²) >= 11 is 0. The summed E-state index contributed by atoms with van der Waals surface area (Å²) in [6, 6.07) is 0.391. The molecule has 0 radical (unpaired) electrons. The Balaban J connectivity index is 2.45. The molecule has 0 aliphatic carbocycles. The summed E-state index contributed by atoms with van der Waals surface area (Å²) in [4.78, 5) is 11.6. The monoisotopic (exact) mass is 289 g/mol. The number of hydrogen-bond acceptors (Lipinski definition) is 4. The Morgan fingerprint density at radius 3 is 2.67 bits per heavy atom. The van der Waals surface area contributed by atoms with E-state index in [0.717, 1.165) is 36.8 Å². The Labute approximate surface area is 127 Å². The molecule has 0 saturated carbocycles. The van der Waals surface area contributed by atoms with Crippen LogP contribution in [0.4, 0.5) is 11.6 Å². The van der Waals surface area contributed by atoms with E-state index in [4.69, 9.17) is 4.98 Å². The first-order valence-corrected chi connectivity index (χ1v) is 7.87. The Morgan fingerprint density at radius 1 is 1.29 bits per heavy atom. The lowest BCUT2D eigenvalue weighted by Crippen LogP contribution is -2.35. The van der Waals surface area contributed by atoms with Gasteiger partial charge >= 0.3 is 0 Å². The number of aromatic nitrogens is 3. The minimum atomic E-state index is 0.391. The fraction of sp³-hybridized carbons (Fsp3) is 0.625. The van der Waals surface area contributed by atoms with Gasteiger partial charge in [0.15, 0.2) is 11.5 Å². The summed E-state index contributed by atoms with van der Waals surface area (Å²) < 4.78 is 2.05. The number of nitrogens with zero attached hydrogens (tertiary/aromatic N) is 4. The van der Waals surface area contributed by atoms with Crippen molar-refractivity contribution in [3.63, 3.8) is 0 Å². The van der Waals surface area contributed by atoms with Crippen LogP contribution in [0.3, 0.4) is 0 Å². The second-order valence-corrected chi connectivity index (χ2v) is 6.17. The van der Waals surface area contributed by atoms with Gasteiger partial charge in [-0.2, -0.15) is 0 Å². The summed E-state index contributed by atoms with van der Waals surface area (Å²) in [7, 11) is 0. The van der Waals surface area contributed by atoms with E-state index in [1.807, 2.05) is 18.6 Å². The van der Waals surface area contributed by atoms with Crippen molar-refractivity contribution in [2.45, 2.75) is 47.1 Å². The molecular weight excluding hydrogens is 262 g/mol. The molecule has 1 N–H and O–H groups in total. The van der Waals surface area contributed by atoms with Crippen LogP contribution in [0, 0.1) is 5.92 Å². The third-order valence-corrected chi connectivity index (χ3v) is 3.37. The van der Waals surface area contributed by atoms with Crippen molar-refractivity contribution < 1.29 is 0 Å². The first-order valence-electron chi connectivity index (χ1n) is 7.87. The van der Waals surface area contributed by atoms with Gasteiger partial charge in [0.2, 0.25) is 0 Å². The van der Waals surface area contributed by atoms with Crippen LogP contribution >= 0.6 is 0 Å². The zero-order valence-corrected chi connectivity index (χ0v) is 13.8. The lowest BCUT2D eigenvalue weighted by molar-refractivity contribution is 0.566. The molecule has 0 aromatic carbocycles. The largest absolute Gasteiger partial charge is 0.369 e. The zero-order chi connectivity index (χ0) is 15.4. The van der Waals surface area contributed by atoms with Crippen LogP contribution in [-0.4, -0.2) is 33.5 Å². The van der Waals surface area contributed by atoms with Gasteiger partial charge in [0.1, 0.15) is 5.82 Å². The number of nitrogens with one attached hydrogen (secondary N) is 1. The number of rotatable bonds is 7. The Bertz CT molecular complexity index is 573. The molecule has 116 valence electrons. The van der Waals surface area contributed by atoms with Gasteiger partial charge in [-0.25, -0.2) is 9.97 Å². The van der Waals surface area contributed by atoms with Crippen LogP contribution in [0.2, 0.25) is 0 Å². The third kappa shape index (κ3) is 3.65. The maximum atomic E-state index is 4.82. The van der Waals surface area contributed by atoms with E-state index in [1.165, 1.54) is 0 Å². The van der Waals surface area contributed by atoms with Crippen molar-refractivity contribution in [3.05, 3.63) is 18.6 Å². The molecule has 21 heavy (non-hydrogen) atoms. The number of anilines is 2. The SMILES string of the molecule is CCCNc1cn2ccnc2c(N(CC(C)C)C(C)C)n1. The minimum absolute atomic E-state index is 0.391. The van der Waals surface area contributed by atoms with Crippen LogP contribution in [0.1, 0.15) is 41.0 Å². The molecule has 2 aromatic rings. The molecule has 2 aromatic heterocycles. The van der Waals surface area contributed by atoms with Crippen LogP contribution in [0.5, 0.6) is 0 Å². The average molecular weight is 289 g/mol. The van der Waals surface area contributed by atoms with Crippen molar-refractivity contribution >= 4 is 17.3 Å². The van der Waals surface area contributed by atoms with Crippen molar-refractivity contribution in [2.75, 3.05) is 23.3 Å². The van der Waals surface area contributed by atoms with Crippen LogP contribution < -0.4 is 10.2 Å². The van der Waals surface area contributed by atoms with E-state index in [9.17, 15) is 0 Å². The second kappa shape index (κ2) is 6.78. The lowest BCUT2D eigenvalue weighted by atomic mass is 10.2. The van der Waals surface area contributed by atoms with Gasteiger partial charge in [0.05, 0.1) is 6.20 Å². The lowest BCUT2D eigenvalue weighted by Gasteiger charge is -2.30. The molecule has 0 aliphatic heterocycles. The van der Waals surface area contributed by atoms with E-state index in [0.29, 0.717) is 12.0 Å². The summed E-state index contributed by atoms with van der Waals surface area (Å²) in [5, 5.41) is 3.38. The first-order chi connectivity index (χ1) is 10.0. The highest BCUT2D eigenvalue weighted by Crippen LogP contribution is 2.23. The molecule has 0 saturated heterocycles. The maximum absolute atomic E-state index is 4.82. The smallest absolute Gasteiger partial charge is 0.180 e. The van der Waals surface area contributed by atoms with E-state index < -0.39 is 0 Å². The normalized spacial score (nSPS) is 11.6. The Morgan fingerprint density at radius 2 is 2.05 bits per heavy atom. The van der Waals surface area contributed by atoms with Crippen LogP contribution in [-0.2, 0) is 0 Å². The fourth-order valence-electron chi connectivity index (χ4n) is 2.38. The highest BCUT2D eigenvalue weighted by Gasteiger charge is 2.18. The predicted octanol–water partition coefficient (Wildman–Crippen LogP) is 3.42. The van der Waals surface area contributed by atoms with Crippen molar-refractivity contribution in [1.82, 2.24) is 14.4 Å². The minimum Gasteiger partial charge on any atom is -0.369 e. The van der Waals surface area contributed by atoms with Gasteiger partial charge in [-0.15, -0.1) is 0 Å². The summed E-state index contributed by atoms with van der Waals surface area (Å²) in [6.45, 7) is 12.9. The number of imidazole rings is 1. The molecule has 0 atom stereocenters. The Hall–Kier alpha value is -1.78. The van der Waals surface area contributed by atoms with Gasteiger partial charge < -0.3 is 14.6 Å². The zero-order valence-electron chi connectivity index (χ0n) is 13.8. The van der Waals surface area contributed by atoms with Gasteiger partial charge in [0.25, 0.3) is 0 Å². The fourth-order valence-corrected chi connectivity index (χ4v) is 2.38. The molecule has 0 spiro atoms. The molecular formula is C16H27N5. The van der Waals surface area contributed by atoms with E-state index in [1.54, 1.807) is 0 Å². The second-order valence-electron chi connectivity index (χ2n) is 6.17. The molecule has 0 unspecified atom stereocenters. The molecule has 2 rings (SSSR count). The summed E-state index contributed by atoms with van der Waals surface area (Å²) in [5.74, 6) is 2.45. The number of fused-ring (bicyclic) bond motifs is 1. The molecule has 0 fully saturated rings. The van der Waals surface area contributed by atoms with Crippen LogP contribution in [0.15, 0.2) is 18.6 Å². The van der Waals surface area contributed by atoms with Crippen molar-refractivity contribution in [2.24, 2.45) is 5.92 Å². The van der Waals surface area contributed by atoms with Gasteiger partial charge in [-0.05, 0) is 26.2 Å². The highest BCUT2D eigenvalue weighted by molar-refractivity contribution is 5.67. The van der Waals surface area contributed by atoms with Crippen molar-refractivity contribution in [3.8, 4) is 0 Å². The van der Waals surface area contributed by atoms with Gasteiger partial charge in [-0.1, -0.05) is 20.8 Å². The topological polar surface area (TPSA) is 45.5 Å². The molecule has 5 heteroatoms. The molecule has 0 aliphatic rings. The standard InChI is InChI=1S/C16H27N5/c1-6-7-17-14-11-20-9-8-18-15(20)16(19-14)21(13(4)5)10-12(2)3/h8-9,11-13,17H,6-7,10H2,1-5H3. The quantitative estimate of drug-likeness (QED) is 0.848. The Kier molecular flexibility index (Phi) is 5.04. The van der Waals surface area contributed by atoms with Crippen LogP contribution in [0.25, 0.3) is 5.65 Å².